The summed E-state index contributed by atoms with van der Waals surface area (Å²) >= 11 is 0. The quantitative estimate of drug-likeness (QED) is 0.600. The van der Waals surface area contributed by atoms with E-state index in [1.807, 2.05) is 35.8 Å². The topological polar surface area (TPSA) is 62.5 Å². The summed E-state index contributed by atoms with van der Waals surface area (Å²) < 4.78 is 5.60. The smallest absolute Gasteiger partial charge is 0.170 e. The molecule has 0 radical (unpaired) electrons. The van der Waals surface area contributed by atoms with Gasteiger partial charge >= 0.3 is 0 Å². The van der Waals surface area contributed by atoms with Crippen molar-refractivity contribution >= 4 is 5.78 Å². The molecule has 4 nitrogen and oxygen atoms in total. The molecule has 104 valence electrons. The number of aryl methyl sites for hydroxylation is 1. The number of hydrogen-bond donors (Lipinski definition) is 2. The maximum Gasteiger partial charge on any atom is 0.170 e. The van der Waals surface area contributed by atoms with Gasteiger partial charge in [-0.05, 0) is 18.6 Å². The van der Waals surface area contributed by atoms with Crippen LogP contribution in [-0.4, -0.2) is 11.0 Å². The van der Waals surface area contributed by atoms with Crippen LogP contribution in [0.5, 0.6) is 0 Å². The molecule has 0 spiro atoms. The van der Waals surface area contributed by atoms with E-state index in [2.05, 4.69) is 6.58 Å². The monoisotopic (exact) mass is 271 g/mol. The molecule has 0 saturated heterocycles. The zero-order valence-corrected chi connectivity index (χ0v) is 11.1. The molecule has 0 saturated carbocycles. The molecule has 20 heavy (non-hydrogen) atoms. The van der Waals surface area contributed by atoms with Crippen molar-refractivity contribution < 1.29 is 14.4 Å². The molecule has 4 heteroatoms. The Labute approximate surface area is 117 Å². The average Bonchev–Trinajstić information content (AvgIpc) is 2.93. The molecule has 2 aromatic rings. The van der Waals surface area contributed by atoms with E-state index in [1.165, 1.54) is 0 Å². The summed E-state index contributed by atoms with van der Waals surface area (Å²) in [4.78, 5) is 12.0. The zero-order chi connectivity index (χ0) is 14.4. The molecule has 2 N–H and O–H groups in total. The number of furan rings is 1. The van der Waals surface area contributed by atoms with Crippen molar-refractivity contribution in [3.05, 3.63) is 71.8 Å². The van der Waals surface area contributed by atoms with Gasteiger partial charge in [-0.2, -0.15) is 0 Å². The van der Waals surface area contributed by atoms with Crippen LogP contribution < -0.4 is 5.48 Å². The number of benzene rings is 1. The van der Waals surface area contributed by atoms with E-state index in [4.69, 9.17) is 9.62 Å². The van der Waals surface area contributed by atoms with Gasteiger partial charge in [-0.15, -0.1) is 0 Å². The lowest BCUT2D eigenvalue weighted by Gasteiger charge is -2.01. The molecule has 0 aliphatic heterocycles. The van der Waals surface area contributed by atoms with Gasteiger partial charge in [-0.25, -0.2) is 0 Å². The summed E-state index contributed by atoms with van der Waals surface area (Å²) in [5.41, 5.74) is 3.22. The van der Waals surface area contributed by atoms with Gasteiger partial charge in [0.1, 0.15) is 11.5 Å². The number of nitrogens with one attached hydrogen (secondary N) is 1. The Hall–Kier alpha value is -2.33. The van der Waals surface area contributed by atoms with Crippen LogP contribution in [-0.2, 0) is 12.8 Å². The largest absolute Gasteiger partial charge is 0.466 e. The van der Waals surface area contributed by atoms with Gasteiger partial charge in [-0.3, -0.25) is 15.5 Å². The van der Waals surface area contributed by atoms with Crippen LogP contribution in [0.15, 0.2) is 59.2 Å². The lowest BCUT2D eigenvalue weighted by Crippen LogP contribution is -2.05. The highest BCUT2D eigenvalue weighted by Crippen LogP contribution is 2.14. The van der Waals surface area contributed by atoms with Crippen LogP contribution in [0, 0.1) is 0 Å². The Morgan fingerprint density at radius 3 is 2.55 bits per heavy atom. The maximum absolute atomic E-state index is 12.0. The molecule has 0 aliphatic carbocycles. The first-order valence-electron chi connectivity index (χ1n) is 6.43. The maximum atomic E-state index is 12.0. The van der Waals surface area contributed by atoms with E-state index in [1.54, 1.807) is 12.1 Å². The van der Waals surface area contributed by atoms with Gasteiger partial charge in [0.2, 0.25) is 0 Å². The molecular weight excluding hydrogens is 254 g/mol. The third kappa shape index (κ3) is 3.83. The fourth-order valence-corrected chi connectivity index (χ4v) is 1.87. The minimum absolute atomic E-state index is 0.0351. The molecule has 0 aliphatic rings. The van der Waals surface area contributed by atoms with Gasteiger partial charge in [0, 0.05) is 17.7 Å². The molecule has 1 heterocycles. The highest BCUT2D eigenvalue weighted by atomic mass is 16.5. The number of hydrogen-bond acceptors (Lipinski definition) is 4. The third-order valence-electron chi connectivity index (χ3n) is 2.98. The Balaban J connectivity index is 1.93. The van der Waals surface area contributed by atoms with Crippen LogP contribution in [0.3, 0.4) is 0 Å². The Bertz CT molecular complexity index is 587. The highest BCUT2D eigenvalue weighted by Gasteiger charge is 2.10. The van der Waals surface area contributed by atoms with E-state index in [-0.39, 0.29) is 12.2 Å². The Kier molecular flexibility index (Phi) is 4.74. The summed E-state index contributed by atoms with van der Waals surface area (Å²) in [6.07, 6.45) is 1.46. The predicted molar refractivity (Wildman–Crippen MR) is 75.6 cm³/mol. The Morgan fingerprint density at radius 1 is 1.15 bits per heavy atom. The highest BCUT2D eigenvalue weighted by molar-refractivity contribution is 5.97. The summed E-state index contributed by atoms with van der Waals surface area (Å²) in [6, 6.07) is 12.8. The first kappa shape index (κ1) is 14.1. The van der Waals surface area contributed by atoms with Gasteiger partial charge < -0.3 is 4.42 Å². The molecule has 0 atom stereocenters. The number of ketones is 1. The predicted octanol–water partition coefficient (Wildman–Crippen LogP) is 3.13. The minimum Gasteiger partial charge on any atom is -0.466 e. The molecule has 0 fully saturated rings. The van der Waals surface area contributed by atoms with Crippen molar-refractivity contribution in [2.45, 2.75) is 19.3 Å². The SMILES string of the molecule is C=C(CCc1ccc(CC(=O)c2ccccc2)o1)NO. The normalized spacial score (nSPS) is 10.2. The lowest BCUT2D eigenvalue weighted by atomic mass is 10.1. The van der Waals surface area contributed by atoms with Crippen molar-refractivity contribution in [1.82, 2.24) is 5.48 Å². The van der Waals surface area contributed by atoms with Crippen LogP contribution in [0.1, 0.15) is 28.3 Å². The number of allylic oxidation sites excluding steroid dienone is 1. The summed E-state index contributed by atoms with van der Waals surface area (Å²) in [7, 11) is 0. The van der Waals surface area contributed by atoms with E-state index < -0.39 is 0 Å². The van der Waals surface area contributed by atoms with Gasteiger partial charge in [-0.1, -0.05) is 36.9 Å². The third-order valence-corrected chi connectivity index (χ3v) is 2.98. The summed E-state index contributed by atoms with van der Waals surface area (Å²) in [6.45, 7) is 3.63. The molecule has 1 aromatic heterocycles. The van der Waals surface area contributed by atoms with Crippen molar-refractivity contribution in [3.63, 3.8) is 0 Å². The average molecular weight is 271 g/mol. The van der Waals surface area contributed by atoms with E-state index >= 15 is 0 Å². The molecule has 0 bridgehead atoms. The summed E-state index contributed by atoms with van der Waals surface area (Å²) in [5, 5.41) is 8.64. The fourth-order valence-electron chi connectivity index (χ4n) is 1.87. The van der Waals surface area contributed by atoms with Crippen LogP contribution in [0.4, 0.5) is 0 Å². The molecular formula is C16H17NO3. The van der Waals surface area contributed by atoms with Gasteiger partial charge in [0.05, 0.1) is 6.42 Å². The van der Waals surface area contributed by atoms with Crippen molar-refractivity contribution in [1.29, 1.82) is 0 Å². The second-order valence-electron chi connectivity index (χ2n) is 4.55. The van der Waals surface area contributed by atoms with E-state index in [0.29, 0.717) is 29.9 Å². The van der Waals surface area contributed by atoms with Crippen LogP contribution >= 0.6 is 0 Å². The molecule has 0 amide bonds. The number of Topliss-reactive ketones (excluding diaryl/α,β-unsaturated/α-hetero) is 1. The first-order chi connectivity index (χ1) is 9.69. The van der Waals surface area contributed by atoms with E-state index in [0.717, 1.165) is 5.76 Å². The van der Waals surface area contributed by atoms with Gasteiger partial charge in [0.25, 0.3) is 0 Å². The van der Waals surface area contributed by atoms with E-state index in [9.17, 15) is 4.79 Å². The zero-order valence-electron chi connectivity index (χ0n) is 11.1. The number of hydroxylamine groups is 1. The minimum atomic E-state index is 0.0351. The van der Waals surface area contributed by atoms with Gasteiger partial charge in [0.15, 0.2) is 5.78 Å². The first-order valence-corrected chi connectivity index (χ1v) is 6.43. The standard InChI is InChI=1S/C16H17NO3/c1-12(17-19)7-8-14-9-10-15(20-14)11-16(18)13-5-3-2-4-6-13/h2-6,9-10,17,19H,1,7-8,11H2. The second-order valence-corrected chi connectivity index (χ2v) is 4.55. The van der Waals surface area contributed by atoms with Crippen molar-refractivity contribution in [2.75, 3.05) is 0 Å². The number of carbonyl (C=O) groups excluding carboxylic acids is 1. The fraction of sp³-hybridized carbons (Fsp3) is 0.188. The molecule has 2 rings (SSSR count). The van der Waals surface area contributed by atoms with Crippen LogP contribution in [0.2, 0.25) is 0 Å². The second kappa shape index (κ2) is 6.73. The van der Waals surface area contributed by atoms with Crippen molar-refractivity contribution in [3.8, 4) is 0 Å². The lowest BCUT2D eigenvalue weighted by molar-refractivity contribution is 0.0986. The Morgan fingerprint density at radius 2 is 1.85 bits per heavy atom. The molecule has 1 aromatic carbocycles. The van der Waals surface area contributed by atoms with Crippen LogP contribution in [0.25, 0.3) is 0 Å². The number of carbonyl (C=O) groups is 1. The molecule has 0 unspecified atom stereocenters. The van der Waals surface area contributed by atoms with Crippen molar-refractivity contribution in [2.24, 2.45) is 0 Å². The summed E-state index contributed by atoms with van der Waals surface area (Å²) in [5.74, 6) is 1.46. The number of rotatable bonds is 7.